The van der Waals surface area contributed by atoms with Gasteiger partial charge in [0.25, 0.3) is 0 Å². The molecule has 0 saturated heterocycles. The van der Waals surface area contributed by atoms with Gasteiger partial charge in [0.2, 0.25) is 0 Å². The van der Waals surface area contributed by atoms with E-state index >= 15 is 0 Å². The molecule has 0 saturated carbocycles. The van der Waals surface area contributed by atoms with Gasteiger partial charge in [-0.25, -0.2) is 9.97 Å². The molecule has 480 valence electrons. The highest BCUT2D eigenvalue weighted by atomic mass is 14.8. The molecule has 3 aliphatic rings. The van der Waals surface area contributed by atoms with Gasteiger partial charge >= 0.3 is 0 Å². The van der Waals surface area contributed by atoms with Gasteiger partial charge in [0.05, 0.1) is 38.9 Å². The Kier molecular flexibility index (Phi) is 11.7. The van der Waals surface area contributed by atoms with Crippen molar-refractivity contribution in [2.24, 2.45) is 0 Å². The smallest absolute Gasteiger partial charge is 0.0972 e. The van der Waals surface area contributed by atoms with E-state index in [-0.39, 0.29) is 5.41 Å². The average molecular weight is 1320 g/mol. The van der Waals surface area contributed by atoms with E-state index in [0.717, 1.165) is 77.3 Å². The summed E-state index contributed by atoms with van der Waals surface area (Å²) in [6.07, 6.45) is 3.76. The van der Waals surface area contributed by atoms with E-state index in [4.69, 9.17) is 19.9 Å². The predicted octanol–water partition coefficient (Wildman–Crippen LogP) is 25.8. The van der Waals surface area contributed by atoms with Crippen molar-refractivity contribution in [2.45, 2.75) is 24.7 Å². The van der Waals surface area contributed by atoms with Crippen LogP contribution in [-0.4, -0.2) is 19.9 Å². The molecule has 16 aromatic carbocycles. The normalized spacial score (nSPS) is 13.6. The molecule has 23 rings (SSSR count). The molecule has 104 heavy (non-hydrogen) atoms. The minimum Gasteiger partial charge on any atom is -0.254 e. The van der Waals surface area contributed by atoms with Crippen LogP contribution in [0.2, 0.25) is 0 Å². The van der Waals surface area contributed by atoms with E-state index in [2.05, 4.69) is 317 Å². The molecule has 0 unspecified atom stereocenters. The fourth-order valence-electron chi connectivity index (χ4n) is 19.3. The lowest BCUT2D eigenvalue weighted by atomic mass is 9.70. The fourth-order valence-corrected chi connectivity index (χ4v) is 19.3. The number of hydrogen-bond donors (Lipinski definition) is 0. The molecule has 0 radical (unpaired) electrons. The lowest BCUT2D eigenvalue weighted by Gasteiger charge is -2.30. The minimum atomic E-state index is -0.579. The Bertz CT molecular complexity index is 7200. The summed E-state index contributed by atoms with van der Waals surface area (Å²) in [4.78, 5) is 21.1. The average Bonchev–Trinajstić information content (AvgIpc) is 1.50. The standard InChI is InChI=1S/C100H60N4/c1-99(2)85-46-40-63(91-48-42-59-34-33-57-17-15-49-101-95(57)97(59)103-91)54-83(85)92-66(27-13-31-89(92)99)60-37-44-75-71-22-6-8-24-73(71)81-53-62(39-45-76(81)82(75)52-60)79-55-65-36-35-58-18-16-50-102-96(58)98(65)104-94(79)64-41-47-88-84(56-64)93-67(28-14-32-90(93)100(88)86-29-11-9-25-77(86)78-26-10-12-30-87(78)100)61-38-43-74-70-21-4-3-19-68(70)69-20-5-7-23-72(69)80(74)51-61/h3-56H,1-2H3. The predicted molar refractivity (Wildman–Crippen MR) is 434 cm³/mol. The van der Waals surface area contributed by atoms with Crippen LogP contribution >= 0.6 is 0 Å². The first-order chi connectivity index (χ1) is 51.3. The summed E-state index contributed by atoms with van der Waals surface area (Å²) in [6, 6.07) is 119. The number of nitrogens with zero attached hydrogens (tertiary/aromatic N) is 4. The summed E-state index contributed by atoms with van der Waals surface area (Å²) in [5.74, 6) is 0. The SMILES string of the molecule is CC1(C)c2ccc(-c3ccc4ccc5cccnc5c4n3)cc2-c2c(-c3ccc4c5ccccc5c5cc(-c6cc7ccc8cccnc8c7nc6-c6ccc7c(c6)-c6c(-c8ccc9c%10ccccc%10c%10ccccc%10c9c8)cccc6C76c7ccccc7-c7ccccc76)ccc5c4c3)cccc21. The number of aromatic nitrogens is 4. The van der Waals surface area contributed by atoms with Crippen molar-refractivity contribution >= 4 is 108 Å². The molecule has 0 amide bonds. The first-order valence-electron chi connectivity index (χ1n) is 36.1. The second kappa shape index (κ2) is 21.2. The van der Waals surface area contributed by atoms with Crippen LogP contribution in [0.15, 0.2) is 328 Å². The molecule has 0 atom stereocenters. The molecule has 1 spiro atoms. The summed E-state index contributed by atoms with van der Waals surface area (Å²) < 4.78 is 0. The summed E-state index contributed by atoms with van der Waals surface area (Å²) in [5, 5.41) is 19.1. The van der Waals surface area contributed by atoms with Crippen LogP contribution in [0.4, 0.5) is 0 Å². The van der Waals surface area contributed by atoms with E-state index in [9.17, 15) is 0 Å². The minimum absolute atomic E-state index is 0.222. The Labute approximate surface area is 599 Å². The van der Waals surface area contributed by atoms with Gasteiger partial charge in [-0.15, -0.1) is 0 Å². The van der Waals surface area contributed by atoms with Crippen LogP contribution in [0.3, 0.4) is 0 Å². The molecule has 0 fully saturated rings. The number of pyridine rings is 4. The highest BCUT2D eigenvalue weighted by Gasteiger charge is 2.52. The highest BCUT2D eigenvalue weighted by molar-refractivity contribution is 6.28. The molecule has 4 aromatic heterocycles. The maximum absolute atomic E-state index is 5.93. The molecule has 4 heterocycles. The zero-order chi connectivity index (χ0) is 68.3. The summed E-state index contributed by atoms with van der Waals surface area (Å²) in [7, 11) is 0. The Morgan fingerprint density at radius 3 is 1.20 bits per heavy atom. The first kappa shape index (κ1) is 57.5. The van der Waals surface area contributed by atoms with Gasteiger partial charge in [-0.2, -0.15) is 0 Å². The lowest BCUT2D eigenvalue weighted by Crippen LogP contribution is -2.25. The van der Waals surface area contributed by atoms with Crippen LogP contribution < -0.4 is 0 Å². The number of benzene rings is 16. The van der Waals surface area contributed by atoms with Crippen molar-refractivity contribution in [3.63, 3.8) is 0 Å². The molecule has 4 heteroatoms. The Morgan fingerprint density at radius 2 is 0.615 bits per heavy atom. The second-order valence-corrected chi connectivity index (χ2v) is 29.4. The molecular weight excluding hydrogens is 1260 g/mol. The van der Waals surface area contributed by atoms with E-state index in [1.807, 2.05) is 24.5 Å². The van der Waals surface area contributed by atoms with Gasteiger partial charge in [-0.3, -0.25) is 9.97 Å². The monoisotopic (exact) mass is 1320 g/mol. The zero-order valence-corrected chi connectivity index (χ0v) is 57.0. The van der Waals surface area contributed by atoms with Gasteiger partial charge in [0.15, 0.2) is 0 Å². The maximum Gasteiger partial charge on any atom is 0.0972 e. The number of hydrogen-bond acceptors (Lipinski definition) is 4. The van der Waals surface area contributed by atoms with E-state index in [0.29, 0.717) is 0 Å². The second-order valence-electron chi connectivity index (χ2n) is 29.4. The maximum atomic E-state index is 5.93. The molecule has 0 N–H and O–H groups in total. The van der Waals surface area contributed by atoms with Crippen molar-refractivity contribution in [1.29, 1.82) is 0 Å². The summed E-state index contributed by atoms with van der Waals surface area (Å²) in [5.41, 5.74) is 29.1. The summed E-state index contributed by atoms with van der Waals surface area (Å²) >= 11 is 0. The van der Waals surface area contributed by atoms with Crippen molar-refractivity contribution in [3.8, 4) is 89.3 Å². The van der Waals surface area contributed by atoms with Gasteiger partial charge in [-0.1, -0.05) is 275 Å². The van der Waals surface area contributed by atoms with E-state index < -0.39 is 5.41 Å². The number of fused-ring (bicyclic) bond motifs is 31. The fraction of sp³-hybridized carbons (Fsp3) is 0.0400. The highest BCUT2D eigenvalue weighted by Crippen LogP contribution is 2.65. The topological polar surface area (TPSA) is 51.6 Å². The van der Waals surface area contributed by atoms with Gasteiger partial charge in [-0.05, 0) is 214 Å². The van der Waals surface area contributed by atoms with Crippen LogP contribution in [0.5, 0.6) is 0 Å². The third kappa shape index (κ3) is 7.81. The lowest BCUT2D eigenvalue weighted by molar-refractivity contribution is 0.660. The zero-order valence-electron chi connectivity index (χ0n) is 57.0. The van der Waals surface area contributed by atoms with Crippen LogP contribution in [0.25, 0.3) is 198 Å². The van der Waals surface area contributed by atoms with E-state index in [1.165, 1.54) is 154 Å². The molecule has 4 nitrogen and oxygen atoms in total. The van der Waals surface area contributed by atoms with Crippen molar-refractivity contribution < 1.29 is 0 Å². The molecule has 0 bridgehead atoms. The van der Waals surface area contributed by atoms with Crippen LogP contribution in [0, 0.1) is 0 Å². The van der Waals surface area contributed by atoms with Crippen molar-refractivity contribution in [3.05, 3.63) is 361 Å². The summed E-state index contributed by atoms with van der Waals surface area (Å²) in [6.45, 7) is 4.75. The number of rotatable bonds is 5. The third-order valence-electron chi connectivity index (χ3n) is 23.9. The molecule has 3 aliphatic carbocycles. The molecule has 0 aliphatic heterocycles. The van der Waals surface area contributed by atoms with Crippen molar-refractivity contribution in [2.75, 3.05) is 0 Å². The van der Waals surface area contributed by atoms with E-state index in [1.54, 1.807) is 0 Å². The van der Waals surface area contributed by atoms with Crippen LogP contribution in [-0.2, 0) is 10.8 Å². The van der Waals surface area contributed by atoms with Crippen LogP contribution in [0.1, 0.15) is 47.2 Å². The Balaban J connectivity index is 0.725. The molecule has 20 aromatic rings. The quantitative estimate of drug-likeness (QED) is 0.161. The Hall–Kier alpha value is -13.3. The first-order valence-corrected chi connectivity index (χ1v) is 36.1. The Morgan fingerprint density at radius 1 is 0.221 bits per heavy atom. The van der Waals surface area contributed by atoms with Gasteiger partial charge in [0.1, 0.15) is 0 Å². The third-order valence-corrected chi connectivity index (χ3v) is 23.9. The largest absolute Gasteiger partial charge is 0.254 e. The van der Waals surface area contributed by atoms with Gasteiger partial charge in [0, 0.05) is 56.0 Å². The van der Waals surface area contributed by atoms with Gasteiger partial charge < -0.3 is 0 Å². The van der Waals surface area contributed by atoms with Crippen molar-refractivity contribution in [1.82, 2.24) is 19.9 Å². The molecular formula is C100H60N4.